The minimum Gasteiger partial charge on any atom is -0.466 e. The molecule has 10 heteroatoms. The van der Waals surface area contributed by atoms with Crippen molar-refractivity contribution in [2.24, 2.45) is 0 Å². The van der Waals surface area contributed by atoms with Gasteiger partial charge in [0.25, 0.3) is 0 Å². The molecule has 0 saturated heterocycles. The largest absolute Gasteiger partial charge is 0.466 e. The Morgan fingerprint density at radius 2 is 0.857 bits per heavy atom. The average molecular weight is 1270 g/mol. The van der Waals surface area contributed by atoms with Gasteiger partial charge < -0.3 is 36.4 Å². The lowest BCUT2D eigenvalue weighted by Gasteiger charge is -2.44. The third kappa shape index (κ3) is 6.94. The lowest BCUT2D eigenvalue weighted by atomic mass is 9.47. The van der Waals surface area contributed by atoms with E-state index in [4.69, 9.17) is 17.7 Å². The van der Waals surface area contributed by atoms with Crippen LogP contribution in [-0.4, -0.2) is 22.7 Å². The molecule has 0 spiro atoms. The number of hydrogen-bond acceptors (Lipinski definition) is 6. The van der Waals surface area contributed by atoms with Gasteiger partial charge in [0.05, 0.1) is 22.3 Å². The van der Waals surface area contributed by atoms with Gasteiger partial charge in [-0.1, -0.05) is 159 Å². The van der Waals surface area contributed by atoms with Gasteiger partial charge in [0, 0.05) is 77.2 Å². The Morgan fingerprint density at radius 3 is 1.45 bits per heavy atom. The summed E-state index contributed by atoms with van der Waals surface area (Å²) in [6, 6.07) is 66.6. The van der Waals surface area contributed by atoms with Crippen LogP contribution < -0.4 is 32.0 Å². The van der Waals surface area contributed by atoms with Crippen molar-refractivity contribution in [3.8, 4) is 22.3 Å². The maximum atomic E-state index is 7.45. The van der Waals surface area contributed by atoms with E-state index in [1.807, 2.05) is 0 Å². The van der Waals surface area contributed by atoms with Crippen molar-refractivity contribution in [1.82, 2.24) is 8.96 Å². The number of furan rings is 4. The van der Waals surface area contributed by atoms with E-state index in [1.54, 1.807) is 0 Å². The smallest absolute Gasteiger partial charge is 0.378 e. The number of hydrogen-bond donors (Lipinski definition) is 0. The summed E-state index contributed by atoms with van der Waals surface area (Å²) < 4.78 is 34.5. The molecule has 6 aliphatic rings. The molecule has 6 aromatic heterocycles. The van der Waals surface area contributed by atoms with Crippen molar-refractivity contribution in [1.29, 1.82) is 0 Å². The molecule has 0 fully saturated rings. The zero-order valence-electron chi connectivity index (χ0n) is 57.4. The van der Waals surface area contributed by atoms with Crippen LogP contribution in [0.3, 0.4) is 0 Å². The van der Waals surface area contributed by atoms with Crippen molar-refractivity contribution in [3.05, 3.63) is 226 Å². The standard InChI is InChI=1S/C88H72B2N4O4/c1-46-36-59-51-24-19-26-58-77(51)93(89-74(59)67(37-46)91(79-54-21-13-16-28-70(54)96-82(79)89)65-44-63-61(38-47(65)2)85(4,5)32-34-87(63,8)9)78-56-31-30-49(43-72(56)95-81(58)78)40-50-41-60-52-23-18-25-57-73-53-20-12-15-27-69(53)98-84(73)94(76(52)57)90-75(60)68(42-50)92(80-55-22-14-17-29-71(55)97-83(80)90)66-45-64-62(39-48(66)3)86(6,7)33-35-88(64,10)11/h12-31,36-39,41-45H,32-35,40H2,1-11H3. The first-order valence-electron chi connectivity index (χ1n) is 35.5. The monoisotopic (exact) mass is 1270 g/mol. The van der Waals surface area contributed by atoms with Crippen LogP contribution in [0.25, 0.3) is 110 Å². The molecule has 0 unspecified atom stereocenters. The van der Waals surface area contributed by atoms with Crippen molar-refractivity contribution in [3.63, 3.8) is 0 Å². The Hall–Kier alpha value is -10.3. The molecule has 0 bridgehead atoms. The van der Waals surface area contributed by atoms with Crippen molar-refractivity contribution in [2.75, 3.05) is 9.80 Å². The summed E-state index contributed by atoms with van der Waals surface area (Å²) in [6.07, 6.45) is 5.25. The van der Waals surface area contributed by atoms with Gasteiger partial charge >= 0.3 is 13.7 Å². The van der Waals surface area contributed by atoms with E-state index in [1.165, 1.54) is 123 Å². The second kappa shape index (κ2) is 18.3. The zero-order valence-corrected chi connectivity index (χ0v) is 57.4. The molecule has 0 saturated carbocycles. The Morgan fingerprint density at radius 1 is 0.367 bits per heavy atom. The highest BCUT2D eigenvalue weighted by atomic mass is 16.4. The van der Waals surface area contributed by atoms with E-state index in [9.17, 15) is 0 Å². The number of fused-ring (bicyclic) bond motifs is 24. The van der Waals surface area contributed by atoms with E-state index in [-0.39, 0.29) is 35.4 Å². The molecule has 98 heavy (non-hydrogen) atoms. The Balaban J connectivity index is 0.754. The SMILES string of the molecule is Cc1cc2c3c(c1)N(c1cc4c(cc1C)C(C)(C)CCC4(C)C)c1c(oc4ccccc14)B3n1c3c-2cccc3c2oc3cc(Cc4cc5c6c(c4)N(c4cc7c(cc4C)C(C)(C)CCC7(C)C)c4c(oc7ccccc47)B6n4c6oc7ccccc7c6c6cccc-5c64)ccc3c21. The average Bonchev–Trinajstić information content (AvgIpc) is 1.47. The zero-order chi connectivity index (χ0) is 65.9. The summed E-state index contributed by atoms with van der Waals surface area (Å²) in [5.41, 5.74) is 37.0. The summed E-state index contributed by atoms with van der Waals surface area (Å²) in [7, 11) is 0. The Kier molecular flexibility index (Phi) is 10.4. The third-order valence-electron chi connectivity index (χ3n) is 24.8. The minimum absolute atomic E-state index is 0.0165. The van der Waals surface area contributed by atoms with Crippen LogP contribution in [-0.2, 0) is 28.1 Å². The Bertz CT molecular complexity index is 6380. The first-order valence-corrected chi connectivity index (χ1v) is 35.5. The third-order valence-corrected chi connectivity index (χ3v) is 24.8. The van der Waals surface area contributed by atoms with E-state index in [0.29, 0.717) is 6.42 Å². The predicted octanol–water partition coefficient (Wildman–Crippen LogP) is 20.9. The number of aryl methyl sites for hydroxylation is 3. The topological polar surface area (TPSA) is 68.9 Å². The number of aromatic nitrogens is 2. The quantitative estimate of drug-likeness (QED) is 0.164. The number of rotatable bonds is 4. The van der Waals surface area contributed by atoms with Crippen molar-refractivity contribution < 1.29 is 17.7 Å². The molecule has 0 atom stereocenters. The molecular formula is C88H72B2N4O4. The highest BCUT2D eigenvalue weighted by molar-refractivity contribution is 6.90. The molecule has 0 N–H and O–H groups in total. The number of benzene rings is 10. The first-order chi connectivity index (χ1) is 47.3. The molecule has 474 valence electrons. The van der Waals surface area contributed by atoms with Gasteiger partial charge in [-0.3, -0.25) is 0 Å². The lowest BCUT2D eigenvalue weighted by Crippen LogP contribution is -2.56. The Labute approximate surface area is 569 Å². The number of anilines is 6. The first kappa shape index (κ1) is 55.8. The number of para-hydroxylation sites is 5. The van der Waals surface area contributed by atoms with Crippen molar-refractivity contribution >= 4 is 158 Å². The highest BCUT2D eigenvalue weighted by Gasteiger charge is 2.51. The van der Waals surface area contributed by atoms with E-state index >= 15 is 0 Å². The fourth-order valence-corrected chi connectivity index (χ4v) is 19.8. The summed E-state index contributed by atoms with van der Waals surface area (Å²) in [4.78, 5) is 5.18. The van der Waals surface area contributed by atoms with E-state index < -0.39 is 0 Å². The fraction of sp³-hybridized carbons (Fsp3) is 0.227. The molecule has 22 rings (SSSR count). The molecule has 10 aromatic carbocycles. The molecule has 0 amide bonds. The predicted molar refractivity (Wildman–Crippen MR) is 407 cm³/mol. The lowest BCUT2D eigenvalue weighted by molar-refractivity contribution is 0.332. The summed E-state index contributed by atoms with van der Waals surface area (Å²) >= 11 is 0. The van der Waals surface area contributed by atoms with Gasteiger partial charge in [-0.15, -0.1) is 0 Å². The van der Waals surface area contributed by atoms with E-state index in [2.05, 4.69) is 271 Å². The number of nitrogens with zero attached hydrogens (tertiary/aromatic N) is 4. The fourth-order valence-electron chi connectivity index (χ4n) is 19.8. The van der Waals surface area contributed by atoms with Gasteiger partial charge in [-0.05, 0) is 219 Å². The van der Waals surface area contributed by atoms with Gasteiger partial charge in [0.1, 0.15) is 33.7 Å². The van der Waals surface area contributed by atoms with Crippen LogP contribution >= 0.6 is 0 Å². The minimum atomic E-state index is -0.320. The maximum absolute atomic E-state index is 7.45. The van der Waals surface area contributed by atoms with Crippen LogP contribution in [0.5, 0.6) is 0 Å². The summed E-state index contributed by atoms with van der Waals surface area (Å²) in [5.74, 6) is 0. The van der Waals surface area contributed by atoms with Crippen LogP contribution in [0.15, 0.2) is 194 Å². The second-order valence-electron chi connectivity index (χ2n) is 32.5. The second-order valence-corrected chi connectivity index (χ2v) is 32.5. The molecular weight excluding hydrogens is 1200 g/mol. The van der Waals surface area contributed by atoms with Crippen LogP contribution in [0.1, 0.15) is 131 Å². The van der Waals surface area contributed by atoms with Crippen LogP contribution in [0.4, 0.5) is 34.1 Å². The van der Waals surface area contributed by atoms with E-state index in [0.717, 1.165) is 119 Å². The maximum Gasteiger partial charge on any atom is 0.378 e. The van der Waals surface area contributed by atoms with Gasteiger partial charge in [0.15, 0.2) is 11.3 Å². The summed E-state index contributed by atoms with van der Waals surface area (Å²) in [5, 5.41) is 7.85. The molecule has 8 nitrogen and oxygen atoms in total. The highest BCUT2D eigenvalue weighted by Crippen LogP contribution is 2.57. The molecule has 0 radical (unpaired) electrons. The molecule has 2 aliphatic carbocycles. The van der Waals surface area contributed by atoms with Gasteiger partial charge in [-0.2, -0.15) is 0 Å². The van der Waals surface area contributed by atoms with Crippen LogP contribution in [0, 0.1) is 20.8 Å². The molecule has 10 heterocycles. The van der Waals surface area contributed by atoms with Crippen molar-refractivity contribution in [2.45, 2.75) is 130 Å². The molecule has 4 aliphatic heterocycles. The normalized spacial score (nSPS) is 17.1. The van der Waals surface area contributed by atoms with Crippen LogP contribution in [0.2, 0.25) is 0 Å². The van der Waals surface area contributed by atoms with Gasteiger partial charge in [0.2, 0.25) is 0 Å². The summed E-state index contributed by atoms with van der Waals surface area (Å²) in [6.45, 7) is 25.8. The van der Waals surface area contributed by atoms with Gasteiger partial charge in [-0.25, -0.2) is 0 Å². The molecule has 16 aromatic rings.